The van der Waals surface area contributed by atoms with E-state index in [9.17, 15) is 8.78 Å². The van der Waals surface area contributed by atoms with E-state index >= 15 is 0 Å². The van der Waals surface area contributed by atoms with Crippen molar-refractivity contribution in [3.8, 4) is 0 Å². The van der Waals surface area contributed by atoms with Gasteiger partial charge in [-0.1, -0.05) is 12.5 Å². The Balaban J connectivity index is 2.10. The number of likely N-dealkylation sites (tertiary alicyclic amines) is 1. The third kappa shape index (κ3) is 3.51. The van der Waals surface area contributed by atoms with Crippen molar-refractivity contribution in [3.05, 3.63) is 35.4 Å². The van der Waals surface area contributed by atoms with E-state index in [2.05, 4.69) is 11.8 Å². The predicted molar refractivity (Wildman–Crippen MR) is 73.0 cm³/mol. The first-order chi connectivity index (χ1) is 9.11. The Morgan fingerprint density at radius 2 is 2.16 bits per heavy atom. The predicted octanol–water partition coefficient (Wildman–Crippen LogP) is 2.88. The second-order valence-corrected chi connectivity index (χ2v) is 5.44. The van der Waals surface area contributed by atoms with Crippen LogP contribution in [-0.4, -0.2) is 30.6 Å². The van der Waals surface area contributed by atoms with E-state index in [-0.39, 0.29) is 5.92 Å². The number of hydrogen-bond donors (Lipinski definition) is 1. The van der Waals surface area contributed by atoms with Crippen LogP contribution < -0.4 is 5.73 Å². The first kappa shape index (κ1) is 14.4. The van der Waals surface area contributed by atoms with E-state index in [0.29, 0.717) is 18.2 Å². The van der Waals surface area contributed by atoms with Crippen molar-refractivity contribution in [1.82, 2.24) is 4.90 Å². The van der Waals surface area contributed by atoms with Gasteiger partial charge in [-0.15, -0.1) is 0 Å². The van der Waals surface area contributed by atoms with Crippen LogP contribution in [0.15, 0.2) is 18.2 Å². The maximum absolute atomic E-state index is 13.8. The summed E-state index contributed by atoms with van der Waals surface area (Å²) in [6.45, 7) is 4.38. The minimum atomic E-state index is -0.539. The van der Waals surface area contributed by atoms with Crippen molar-refractivity contribution in [1.29, 1.82) is 0 Å². The number of piperidine rings is 1. The van der Waals surface area contributed by atoms with E-state index in [1.54, 1.807) is 0 Å². The van der Waals surface area contributed by atoms with Crippen LogP contribution in [0.5, 0.6) is 0 Å². The Morgan fingerprint density at radius 1 is 1.37 bits per heavy atom. The fourth-order valence-corrected chi connectivity index (χ4v) is 2.84. The molecule has 1 aromatic carbocycles. The monoisotopic (exact) mass is 268 g/mol. The molecule has 1 fully saturated rings. The molecule has 0 spiro atoms. The summed E-state index contributed by atoms with van der Waals surface area (Å²) in [6.07, 6.45) is 3.63. The lowest BCUT2D eigenvalue weighted by molar-refractivity contribution is 0.151. The first-order valence-corrected chi connectivity index (χ1v) is 7.01. The molecular weight excluding hydrogens is 246 g/mol. The van der Waals surface area contributed by atoms with Crippen molar-refractivity contribution < 1.29 is 8.78 Å². The van der Waals surface area contributed by atoms with Crippen LogP contribution in [-0.2, 0) is 0 Å². The Morgan fingerprint density at radius 3 is 2.79 bits per heavy atom. The third-order valence-electron chi connectivity index (χ3n) is 4.08. The highest BCUT2D eigenvalue weighted by Gasteiger charge is 2.23. The van der Waals surface area contributed by atoms with Crippen molar-refractivity contribution in [3.63, 3.8) is 0 Å². The molecule has 1 heterocycles. The van der Waals surface area contributed by atoms with E-state index in [1.807, 2.05) is 0 Å². The second-order valence-electron chi connectivity index (χ2n) is 5.44. The summed E-state index contributed by atoms with van der Waals surface area (Å²) >= 11 is 0. The smallest absolute Gasteiger partial charge is 0.129 e. The van der Waals surface area contributed by atoms with Gasteiger partial charge in [0.05, 0.1) is 0 Å². The van der Waals surface area contributed by atoms with Gasteiger partial charge in [-0.05, 0) is 37.9 Å². The summed E-state index contributed by atoms with van der Waals surface area (Å²) < 4.78 is 26.8. The van der Waals surface area contributed by atoms with Gasteiger partial charge in [-0.2, -0.15) is 0 Å². The molecule has 2 unspecified atom stereocenters. The molecule has 2 rings (SSSR count). The maximum atomic E-state index is 13.8. The summed E-state index contributed by atoms with van der Waals surface area (Å²) in [7, 11) is 0. The van der Waals surface area contributed by atoms with E-state index in [1.165, 1.54) is 31.4 Å². The maximum Gasteiger partial charge on any atom is 0.129 e. The Kier molecular flexibility index (Phi) is 4.88. The second kappa shape index (κ2) is 6.44. The molecule has 1 aliphatic rings. The number of hydrogen-bond acceptors (Lipinski definition) is 2. The van der Waals surface area contributed by atoms with E-state index < -0.39 is 11.6 Å². The summed E-state index contributed by atoms with van der Waals surface area (Å²) in [6, 6.07) is 4.29. The van der Waals surface area contributed by atoms with Crippen molar-refractivity contribution in [2.24, 2.45) is 5.73 Å². The average Bonchev–Trinajstić information content (AvgIpc) is 2.39. The largest absolute Gasteiger partial charge is 0.330 e. The van der Waals surface area contributed by atoms with Gasteiger partial charge in [0.2, 0.25) is 0 Å². The molecule has 1 saturated heterocycles. The molecule has 106 valence electrons. The van der Waals surface area contributed by atoms with Gasteiger partial charge in [-0.3, -0.25) is 0 Å². The van der Waals surface area contributed by atoms with Crippen LogP contribution in [0, 0.1) is 11.6 Å². The van der Waals surface area contributed by atoms with Crippen LogP contribution in [0.2, 0.25) is 0 Å². The van der Waals surface area contributed by atoms with Crippen molar-refractivity contribution in [2.75, 3.05) is 19.6 Å². The number of rotatable bonds is 4. The quantitative estimate of drug-likeness (QED) is 0.909. The first-order valence-electron chi connectivity index (χ1n) is 7.01. The lowest BCUT2D eigenvalue weighted by atomic mass is 9.95. The highest BCUT2D eigenvalue weighted by Crippen LogP contribution is 2.24. The lowest BCUT2D eigenvalue weighted by Crippen LogP contribution is -2.41. The van der Waals surface area contributed by atoms with Crippen LogP contribution in [0.25, 0.3) is 0 Å². The number of nitrogens with two attached hydrogens (primary N) is 1. The normalized spacial score (nSPS) is 22.4. The molecule has 0 amide bonds. The minimum absolute atomic E-state index is 0.0684. The number of nitrogens with zero attached hydrogens (tertiary/aromatic N) is 1. The fourth-order valence-electron chi connectivity index (χ4n) is 2.84. The van der Waals surface area contributed by atoms with Crippen molar-refractivity contribution >= 4 is 0 Å². The molecule has 4 heteroatoms. The van der Waals surface area contributed by atoms with Gasteiger partial charge in [0, 0.05) is 31.1 Å². The highest BCUT2D eigenvalue weighted by atomic mass is 19.1. The van der Waals surface area contributed by atoms with Crippen LogP contribution in [0.3, 0.4) is 0 Å². The summed E-state index contributed by atoms with van der Waals surface area (Å²) in [5.74, 6) is -1.09. The molecule has 19 heavy (non-hydrogen) atoms. The van der Waals surface area contributed by atoms with Gasteiger partial charge in [0.1, 0.15) is 11.6 Å². The van der Waals surface area contributed by atoms with Gasteiger partial charge in [0.15, 0.2) is 0 Å². The molecule has 0 aliphatic carbocycles. The summed E-state index contributed by atoms with van der Waals surface area (Å²) in [4.78, 5) is 2.36. The summed E-state index contributed by atoms with van der Waals surface area (Å²) in [5.41, 5.74) is 6.32. The highest BCUT2D eigenvalue weighted by molar-refractivity contribution is 5.23. The van der Waals surface area contributed by atoms with Gasteiger partial charge >= 0.3 is 0 Å². The van der Waals surface area contributed by atoms with E-state index in [0.717, 1.165) is 19.2 Å². The molecule has 2 atom stereocenters. The minimum Gasteiger partial charge on any atom is -0.330 e. The van der Waals surface area contributed by atoms with Crippen LogP contribution >= 0.6 is 0 Å². The molecule has 0 aromatic heterocycles. The SMILES string of the molecule is CC1CCCCN1CC(CN)c1ccc(F)cc1F. The fraction of sp³-hybridized carbons (Fsp3) is 0.600. The molecule has 2 N–H and O–H groups in total. The van der Waals surface area contributed by atoms with Crippen molar-refractivity contribution in [2.45, 2.75) is 38.1 Å². The zero-order chi connectivity index (χ0) is 13.8. The zero-order valence-electron chi connectivity index (χ0n) is 11.4. The average molecular weight is 268 g/mol. The topological polar surface area (TPSA) is 29.3 Å². The Hall–Kier alpha value is -1.00. The molecule has 0 bridgehead atoms. The lowest BCUT2D eigenvalue weighted by Gasteiger charge is -2.35. The molecule has 1 aromatic rings. The third-order valence-corrected chi connectivity index (χ3v) is 4.08. The number of halogens is 2. The van der Waals surface area contributed by atoms with Gasteiger partial charge in [-0.25, -0.2) is 8.78 Å². The van der Waals surface area contributed by atoms with Gasteiger partial charge < -0.3 is 10.6 Å². The zero-order valence-corrected chi connectivity index (χ0v) is 11.4. The molecule has 2 nitrogen and oxygen atoms in total. The molecule has 1 aliphatic heterocycles. The van der Waals surface area contributed by atoms with Crippen LogP contribution in [0.4, 0.5) is 8.78 Å². The number of benzene rings is 1. The molecule has 0 saturated carbocycles. The Labute approximate surface area is 113 Å². The van der Waals surface area contributed by atoms with E-state index in [4.69, 9.17) is 5.73 Å². The van der Waals surface area contributed by atoms with Crippen LogP contribution in [0.1, 0.15) is 37.7 Å². The molecular formula is C15H22F2N2. The molecule has 0 radical (unpaired) electrons. The van der Waals surface area contributed by atoms with Gasteiger partial charge in [0.25, 0.3) is 0 Å². The summed E-state index contributed by atoms with van der Waals surface area (Å²) in [5, 5.41) is 0. The Bertz CT molecular complexity index is 423. The standard InChI is InChI=1S/C15H22F2N2/c1-11-4-2-3-7-19(11)10-12(9-18)14-6-5-13(16)8-15(14)17/h5-6,8,11-12H,2-4,7,9-10,18H2,1H3.